The molecule has 1 aliphatic rings. The summed E-state index contributed by atoms with van der Waals surface area (Å²) in [4.78, 5) is 14.7. The molecule has 0 radical (unpaired) electrons. The number of hydrogen-bond donors (Lipinski definition) is 2. The molecule has 20 heavy (non-hydrogen) atoms. The smallest absolute Gasteiger partial charge is 0.236 e. The normalized spacial score (nSPS) is 20.4. The Morgan fingerprint density at radius 1 is 1.45 bits per heavy atom. The third-order valence-corrected chi connectivity index (χ3v) is 4.13. The highest BCUT2D eigenvalue weighted by Crippen LogP contribution is 2.34. The van der Waals surface area contributed by atoms with Crippen molar-refractivity contribution in [2.24, 2.45) is 16.3 Å². The Labute approximate surface area is 120 Å². The minimum Gasteiger partial charge on any atom is -0.409 e. The molecule has 6 heteroatoms. The van der Waals surface area contributed by atoms with Crippen LogP contribution in [0.4, 0.5) is 0 Å². The fourth-order valence-corrected chi connectivity index (χ4v) is 3.06. The van der Waals surface area contributed by atoms with Crippen LogP contribution in [0.3, 0.4) is 0 Å². The SMILES string of the molecule is CCCC(CCC)(C(=O)N1CCC(OC)C1)C(N)=NO. The molecule has 1 heterocycles. The van der Waals surface area contributed by atoms with E-state index in [1.54, 1.807) is 12.0 Å². The van der Waals surface area contributed by atoms with Crippen molar-refractivity contribution >= 4 is 11.7 Å². The molecule has 0 aromatic carbocycles. The highest BCUT2D eigenvalue weighted by molar-refractivity contribution is 6.06. The summed E-state index contributed by atoms with van der Waals surface area (Å²) in [6.45, 7) is 5.27. The molecule has 1 aliphatic heterocycles. The fourth-order valence-electron chi connectivity index (χ4n) is 3.06. The average molecular weight is 285 g/mol. The Morgan fingerprint density at radius 3 is 2.45 bits per heavy atom. The van der Waals surface area contributed by atoms with Gasteiger partial charge in [-0.3, -0.25) is 4.79 Å². The van der Waals surface area contributed by atoms with Gasteiger partial charge in [-0.15, -0.1) is 0 Å². The minimum atomic E-state index is -0.874. The Hall–Kier alpha value is -1.30. The van der Waals surface area contributed by atoms with Gasteiger partial charge in [0.25, 0.3) is 0 Å². The number of oxime groups is 1. The molecule has 3 N–H and O–H groups in total. The lowest BCUT2D eigenvalue weighted by Gasteiger charge is -2.34. The zero-order valence-electron chi connectivity index (χ0n) is 12.8. The maximum Gasteiger partial charge on any atom is 0.236 e. The van der Waals surface area contributed by atoms with Crippen molar-refractivity contribution in [1.82, 2.24) is 4.90 Å². The van der Waals surface area contributed by atoms with Crippen LogP contribution in [-0.2, 0) is 9.53 Å². The van der Waals surface area contributed by atoms with E-state index < -0.39 is 5.41 Å². The van der Waals surface area contributed by atoms with Crippen molar-refractivity contribution in [3.05, 3.63) is 0 Å². The first-order valence-corrected chi connectivity index (χ1v) is 7.35. The van der Waals surface area contributed by atoms with Crippen LogP contribution in [0.15, 0.2) is 5.16 Å². The molecule has 0 spiro atoms. The molecule has 1 unspecified atom stereocenters. The molecule has 1 atom stereocenters. The summed E-state index contributed by atoms with van der Waals surface area (Å²) in [7, 11) is 1.66. The Balaban J connectivity index is 3.00. The van der Waals surface area contributed by atoms with Crippen LogP contribution in [0.2, 0.25) is 0 Å². The number of amides is 1. The summed E-state index contributed by atoms with van der Waals surface area (Å²) >= 11 is 0. The lowest BCUT2D eigenvalue weighted by atomic mass is 9.76. The van der Waals surface area contributed by atoms with E-state index in [-0.39, 0.29) is 17.8 Å². The summed E-state index contributed by atoms with van der Waals surface area (Å²) in [6.07, 6.45) is 3.75. The van der Waals surface area contributed by atoms with E-state index in [9.17, 15) is 4.79 Å². The van der Waals surface area contributed by atoms with Crippen LogP contribution >= 0.6 is 0 Å². The average Bonchev–Trinajstić information content (AvgIpc) is 2.94. The van der Waals surface area contributed by atoms with Crippen molar-refractivity contribution < 1.29 is 14.7 Å². The molecule has 6 nitrogen and oxygen atoms in total. The highest BCUT2D eigenvalue weighted by atomic mass is 16.5. The van der Waals surface area contributed by atoms with E-state index in [2.05, 4.69) is 5.16 Å². The molecule has 1 fully saturated rings. The fraction of sp³-hybridized carbons (Fsp3) is 0.857. The van der Waals surface area contributed by atoms with Crippen molar-refractivity contribution in [2.45, 2.75) is 52.1 Å². The van der Waals surface area contributed by atoms with Gasteiger partial charge in [0.15, 0.2) is 5.84 Å². The number of rotatable bonds is 7. The summed E-state index contributed by atoms with van der Waals surface area (Å²) in [5.74, 6) is 0.00289. The quantitative estimate of drug-likeness (QED) is 0.321. The number of hydrogen-bond acceptors (Lipinski definition) is 4. The topological polar surface area (TPSA) is 88.2 Å². The highest BCUT2D eigenvalue weighted by Gasteiger charge is 2.45. The molecule has 0 saturated carbocycles. The van der Waals surface area contributed by atoms with Gasteiger partial charge in [0, 0.05) is 20.2 Å². The van der Waals surface area contributed by atoms with Gasteiger partial charge in [0.1, 0.15) is 5.41 Å². The Morgan fingerprint density at radius 2 is 2.05 bits per heavy atom. The van der Waals surface area contributed by atoms with E-state index in [1.165, 1.54) is 0 Å². The zero-order chi connectivity index (χ0) is 15.2. The number of ether oxygens (including phenoxy) is 1. The number of carbonyl (C=O) groups excluding carboxylic acids is 1. The van der Waals surface area contributed by atoms with E-state index >= 15 is 0 Å². The van der Waals surface area contributed by atoms with Gasteiger partial charge in [-0.2, -0.15) is 0 Å². The summed E-state index contributed by atoms with van der Waals surface area (Å²) < 4.78 is 5.31. The molecule has 0 aromatic heterocycles. The lowest BCUT2D eigenvalue weighted by molar-refractivity contribution is -0.138. The molecule has 0 aromatic rings. The molecular weight excluding hydrogens is 258 g/mol. The van der Waals surface area contributed by atoms with E-state index in [0.29, 0.717) is 25.9 Å². The minimum absolute atomic E-state index is 0.0314. The van der Waals surface area contributed by atoms with E-state index in [4.69, 9.17) is 15.7 Å². The van der Waals surface area contributed by atoms with Gasteiger partial charge in [0.05, 0.1) is 6.10 Å². The number of nitrogens with two attached hydrogens (primary N) is 1. The van der Waals surface area contributed by atoms with Crippen LogP contribution < -0.4 is 5.73 Å². The predicted octanol–water partition coefficient (Wildman–Crippen LogP) is 1.57. The number of likely N-dealkylation sites (tertiary alicyclic amines) is 1. The molecular formula is C14H27N3O3. The maximum atomic E-state index is 12.9. The monoisotopic (exact) mass is 285 g/mol. The zero-order valence-corrected chi connectivity index (χ0v) is 12.8. The molecule has 1 amide bonds. The van der Waals surface area contributed by atoms with E-state index in [0.717, 1.165) is 19.3 Å². The molecule has 0 bridgehead atoms. The van der Waals surface area contributed by atoms with Crippen molar-refractivity contribution in [2.75, 3.05) is 20.2 Å². The number of methoxy groups -OCH3 is 1. The molecule has 1 rings (SSSR count). The van der Waals surface area contributed by atoms with Crippen molar-refractivity contribution in [1.29, 1.82) is 0 Å². The van der Waals surface area contributed by atoms with Crippen LogP contribution in [-0.4, -0.2) is 48.2 Å². The van der Waals surface area contributed by atoms with Gasteiger partial charge < -0.3 is 20.6 Å². The first kappa shape index (κ1) is 16.8. The van der Waals surface area contributed by atoms with Crippen LogP contribution in [0.1, 0.15) is 46.0 Å². The maximum absolute atomic E-state index is 12.9. The first-order valence-electron chi connectivity index (χ1n) is 7.35. The second-order valence-electron chi connectivity index (χ2n) is 5.46. The van der Waals surface area contributed by atoms with Crippen molar-refractivity contribution in [3.8, 4) is 0 Å². The second-order valence-corrected chi connectivity index (χ2v) is 5.46. The van der Waals surface area contributed by atoms with Crippen LogP contribution in [0, 0.1) is 5.41 Å². The lowest BCUT2D eigenvalue weighted by Crippen LogP contribution is -2.51. The van der Waals surface area contributed by atoms with Crippen molar-refractivity contribution in [3.63, 3.8) is 0 Å². The van der Waals surface area contributed by atoms with E-state index in [1.807, 2.05) is 13.8 Å². The van der Waals surface area contributed by atoms with Gasteiger partial charge >= 0.3 is 0 Å². The van der Waals surface area contributed by atoms with Gasteiger partial charge in [-0.05, 0) is 19.3 Å². The van der Waals surface area contributed by atoms with Crippen LogP contribution in [0.5, 0.6) is 0 Å². The summed E-state index contributed by atoms with van der Waals surface area (Å²) in [5.41, 5.74) is 5.01. The second kappa shape index (κ2) is 7.47. The van der Waals surface area contributed by atoms with Gasteiger partial charge in [-0.25, -0.2) is 0 Å². The number of amidine groups is 1. The standard InChI is InChI=1S/C14H27N3O3/c1-4-7-14(8-5-2,12(15)16-19)13(18)17-9-6-11(10-17)20-3/h11,19H,4-10H2,1-3H3,(H2,15,16). The molecule has 0 aliphatic carbocycles. The molecule has 116 valence electrons. The summed E-state index contributed by atoms with van der Waals surface area (Å²) in [5, 5.41) is 12.2. The largest absolute Gasteiger partial charge is 0.409 e. The van der Waals surface area contributed by atoms with Gasteiger partial charge in [-0.1, -0.05) is 31.8 Å². The summed E-state index contributed by atoms with van der Waals surface area (Å²) in [6, 6.07) is 0. The molecule has 1 saturated heterocycles. The van der Waals surface area contributed by atoms with Crippen LogP contribution in [0.25, 0.3) is 0 Å². The predicted molar refractivity (Wildman–Crippen MR) is 77.7 cm³/mol. The van der Waals surface area contributed by atoms with Gasteiger partial charge in [0.2, 0.25) is 5.91 Å². The third-order valence-electron chi connectivity index (χ3n) is 4.13. The number of nitrogens with zero attached hydrogens (tertiary/aromatic N) is 2. The number of carbonyl (C=O) groups is 1. The first-order chi connectivity index (χ1) is 9.55. The Kier molecular flexibility index (Phi) is 6.26. The Bertz CT molecular complexity index is 352. The third kappa shape index (κ3) is 3.23.